The largest absolute Gasteiger partial charge is 0.372 e. The summed E-state index contributed by atoms with van der Waals surface area (Å²) in [5.41, 5.74) is 7.60. The first-order valence-corrected chi connectivity index (χ1v) is 10.5. The van der Waals surface area contributed by atoms with Crippen LogP contribution in [0.15, 0.2) is 18.2 Å². The van der Waals surface area contributed by atoms with E-state index in [-0.39, 0.29) is 24.2 Å². The highest BCUT2D eigenvalue weighted by molar-refractivity contribution is 5.82. The maximum Gasteiger partial charge on any atom is 0.223 e. The zero-order chi connectivity index (χ0) is 19.7. The molecule has 0 radical (unpaired) electrons. The topological polar surface area (TPSA) is 101 Å². The number of nitrogens with two attached hydrogens (primary N) is 1. The molecule has 5 rings (SSSR count). The number of amides is 2. The Kier molecular flexibility index (Phi) is 5.38. The summed E-state index contributed by atoms with van der Waals surface area (Å²) in [6, 6.07) is 6.49. The van der Waals surface area contributed by atoms with Gasteiger partial charge in [-0.05, 0) is 73.5 Å². The molecule has 0 bridgehead atoms. The summed E-state index contributed by atoms with van der Waals surface area (Å²) in [6.45, 7) is 2.98. The molecule has 1 aromatic carbocycles. The summed E-state index contributed by atoms with van der Waals surface area (Å²) >= 11 is 0. The highest BCUT2D eigenvalue weighted by atomic mass is 16.2. The van der Waals surface area contributed by atoms with E-state index in [2.05, 4.69) is 41.2 Å². The number of nitrogens with one attached hydrogen (secondary N) is 2. The summed E-state index contributed by atoms with van der Waals surface area (Å²) in [4.78, 5) is 29.0. The second-order valence-electron chi connectivity index (χ2n) is 8.61. The van der Waals surface area contributed by atoms with E-state index in [9.17, 15) is 4.79 Å². The number of imidazole rings is 1. The Morgan fingerprint density at radius 3 is 2.46 bits per heavy atom. The zero-order valence-corrected chi connectivity index (χ0v) is 16.5. The number of hydrogen-bond acceptors (Lipinski definition) is 3. The third-order valence-corrected chi connectivity index (χ3v) is 6.66. The molecule has 1 saturated heterocycles. The van der Waals surface area contributed by atoms with E-state index >= 15 is 0 Å². The molecular weight excluding hydrogens is 352 g/mol. The van der Waals surface area contributed by atoms with Crippen molar-refractivity contribution in [1.29, 1.82) is 0 Å². The first-order valence-electron chi connectivity index (χ1n) is 10.5. The highest BCUT2D eigenvalue weighted by Crippen LogP contribution is 2.50. The molecule has 28 heavy (non-hydrogen) atoms. The van der Waals surface area contributed by atoms with Crippen LogP contribution < -0.4 is 11.1 Å². The predicted octanol–water partition coefficient (Wildman–Crippen LogP) is 2.88. The molecular formula is C22H30N4O2. The molecule has 3 aliphatic rings. The third-order valence-electron chi connectivity index (χ3n) is 6.66. The lowest BCUT2D eigenvalue weighted by molar-refractivity contribution is -0.122. The number of fused-ring (bicyclic) bond motifs is 1. The first-order chi connectivity index (χ1) is 13.6. The van der Waals surface area contributed by atoms with Crippen molar-refractivity contribution in [1.82, 2.24) is 15.3 Å². The van der Waals surface area contributed by atoms with Gasteiger partial charge in [0, 0.05) is 18.9 Å². The van der Waals surface area contributed by atoms with Crippen LogP contribution in [-0.4, -0.2) is 28.8 Å². The summed E-state index contributed by atoms with van der Waals surface area (Å²) in [7, 11) is 0. The van der Waals surface area contributed by atoms with E-state index in [1.807, 2.05) is 0 Å². The number of nitrogens with zero attached hydrogens (tertiary/aromatic N) is 1. The molecule has 2 unspecified atom stereocenters. The maximum absolute atomic E-state index is 12.0. The van der Waals surface area contributed by atoms with Crippen LogP contribution in [0.4, 0.5) is 0 Å². The lowest BCUT2D eigenvalue weighted by atomic mass is 9.86. The second kappa shape index (κ2) is 7.94. The molecule has 2 saturated carbocycles. The molecule has 2 aliphatic carbocycles. The van der Waals surface area contributed by atoms with Gasteiger partial charge >= 0.3 is 0 Å². The van der Waals surface area contributed by atoms with Crippen molar-refractivity contribution in [2.45, 2.75) is 51.4 Å². The Labute approximate surface area is 165 Å². The molecule has 6 nitrogen and oxygen atoms in total. The Bertz CT molecular complexity index is 841. The van der Waals surface area contributed by atoms with Gasteiger partial charge in [-0.2, -0.15) is 0 Å². The van der Waals surface area contributed by atoms with E-state index in [4.69, 9.17) is 9.78 Å². The molecule has 2 aromatic rings. The van der Waals surface area contributed by atoms with Gasteiger partial charge in [0.15, 0.2) is 0 Å². The number of benzene rings is 1. The van der Waals surface area contributed by atoms with E-state index < -0.39 is 0 Å². The summed E-state index contributed by atoms with van der Waals surface area (Å²) < 4.78 is 0. The standard InChI is InChI=1S/C21H27N3O.CH3NO/c1-12(16-8-9-22-21(16)25)15-6-7-18-19(10-15)24-20(23-18)11-17(13-2-3-13)14-4-5-14;2-1-3/h6-7,10,12-14,16-17H,2-5,8-9,11H2,1H3,(H,22,25)(H,23,24);1H,(H2,2,3). The van der Waals surface area contributed by atoms with Gasteiger partial charge in [-0.1, -0.05) is 13.0 Å². The lowest BCUT2D eigenvalue weighted by Gasteiger charge is -2.17. The molecule has 0 spiro atoms. The molecule has 2 heterocycles. The van der Waals surface area contributed by atoms with E-state index in [1.165, 1.54) is 31.2 Å². The fourth-order valence-electron chi connectivity index (χ4n) is 4.77. The highest BCUT2D eigenvalue weighted by Gasteiger charge is 2.41. The monoisotopic (exact) mass is 382 g/mol. The number of aromatic amines is 1. The third kappa shape index (κ3) is 4.05. The van der Waals surface area contributed by atoms with Gasteiger partial charge in [0.25, 0.3) is 0 Å². The lowest BCUT2D eigenvalue weighted by Crippen LogP contribution is -2.22. The number of hydrogen-bond donors (Lipinski definition) is 3. The zero-order valence-electron chi connectivity index (χ0n) is 16.5. The van der Waals surface area contributed by atoms with Crippen LogP contribution in [0, 0.1) is 23.7 Å². The number of carbonyl (C=O) groups is 2. The van der Waals surface area contributed by atoms with Crippen molar-refractivity contribution >= 4 is 23.4 Å². The minimum Gasteiger partial charge on any atom is -0.372 e. The molecule has 1 aromatic heterocycles. The fourth-order valence-corrected chi connectivity index (χ4v) is 4.77. The normalized spacial score (nSPS) is 22.6. The Hall–Kier alpha value is -2.37. The Balaban J connectivity index is 0.000000604. The number of primary amides is 1. The molecule has 3 fully saturated rings. The van der Waals surface area contributed by atoms with Gasteiger partial charge in [-0.25, -0.2) is 4.98 Å². The van der Waals surface area contributed by atoms with E-state index in [0.717, 1.165) is 54.0 Å². The van der Waals surface area contributed by atoms with Crippen molar-refractivity contribution in [3.05, 3.63) is 29.6 Å². The van der Waals surface area contributed by atoms with Crippen LogP contribution in [0.1, 0.15) is 56.3 Å². The van der Waals surface area contributed by atoms with Gasteiger partial charge in [0.05, 0.1) is 11.0 Å². The predicted molar refractivity (Wildman–Crippen MR) is 109 cm³/mol. The van der Waals surface area contributed by atoms with Crippen LogP contribution in [0.25, 0.3) is 11.0 Å². The average Bonchev–Trinajstić information content (AvgIpc) is 3.61. The van der Waals surface area contributed by atoms with Crippen LogP contribution >= 0.6 is 0 Å². The number of rotatable bonds is 6. The van der Waals surface area contributed by atoms with Gasteiger partial charge in [-0.3, -0.25) is 9.59 Å². The summed E-state index contributed by atoms with van der Waals surface area (Å²) in [5, 5.41) is 2.96. The fraction of sp³-hybridized carbons (Fsp3) is 0.591. The second-order valence-corrected chi connectivity index (χ2v) is 8.61. The number of H-pyrrole nitrogens is 1. The van der Waals surface area contributed by atoms with Crippen LogP contribution in [0.5, 0.6) is 0 Å². The van der Waals surface area contributed by atoms with Crippen LogP contribution in [-0.2, 0) is 16.0 Å². The SMILES string of the molecule is CC(c1ccc2nc(CC(C3CC3)C3CC3)[nH]c2c1)C1CCNC1=O.NC=O. The minimum absolute atomic E-state index is 0.106. The average molecular weight is 383 g/mol. The summed E-state index contributed by atoms with van der Waals surface area (Å²) in [5.74, 6) is 4.48. The molecule has 4 N–H and O–H groups in total. The molecule has 150 valence electrons. The van der Waals surface area contributed by atoms with Crippen molar-refractivity contribution in [3.8, 4) is 0 Å². The van der Waals surface area contributed by atoms with Crippen LogP contribution in [0.2, 0.25) is 0 Å². The molecule has 6 heteroatoms. The summed E-state index contributed by atoms with van der Waals surface area (Å²) in [6.07, 6.45) is 7.99. The first kappa shape index (κ1) is 19.0. The maximum atomic E-state index is 12.0. The van der Waals surface area contributed by atoms with Gasteiger partial charge in [0.1, 0.15) is 5.82 Å². The van der Waals surface area contributed by atoms with Gasteiger partial charge in [-0.15, -0.1) is 0 Å². The quantitative estimate of drug-likeness (QED) is 0.670. The molecule has 2 amide bonds. The van der Waals surface area contributed by atoms with E-state index in [1.54, 1.807) is 0 Å². The van der Waals surface area contributed by atoms with E-state index in [0.29, 0.717) is 0 Å². The molecule has 2 atom stereocenters. The Morgan fingerprint density at radius 1 is 1.21 bits per heavy atom. The van der Waals surface area contributed by atoms with Crippen molar-refractivity contribution in [2.75, 3.05) is 6.54 Å². The van der Waals surface area contributed by atoms with Crippen LogP contribution in [0.3, 0.4) is 0 Å². The number of aromatic nitrogens is 2. The Morgan fingerprint density at radius 2 is 1.89 bits per heavy atom. The van der Waals surface area contributed by atoms with Crippen molar-refractivity contribution < 1.29 is 9.59 Å². The smallest absolute Gasteiger partial charge is 0.223 e. The molecule has 1 aliphatic heterocycles. The van der Waals surface area contributed by atoms with Gasteiger partial charge < -0.3 is 16.0 Å². The van der Waals surface area contributed by atoms with Crippen molar-refractivity contribution in [3.63, 3.8) is 0 Å². The van der Waals surface area contributed by atoms with Gasteiger partial charge in [0.2, 0.25) is 12.3 Å². The minimum atomic E-state index is 0.106. The van der Waals surface area contributed by atoms with Crippen molar-refractivity contribution in [2.24, 2.45) is 29.4 Å². The number of carbonyl (C=O) groups excluding carboxylic acids is 2.